The normalized spacial score (nSPS) is 18.4. The Balaban J connectivity index is 1.81. The van der Waals surface area contributed by atoms with Gasteiger partial charge in [-0.15, -0.1) is 23.1 Å². The molecule has 0 bridgehead atoms. The minimum absolute atomic E-state index is 0.0506. The number of benzene rings is 1. The topological polar surface area (TPSA) is 158 Å². The minimum atomic E-state index is -0.945. The van der Waals surface area contributed by atoms with E-state index >= 15 is 0 Å². The van der Waals surface area contributed by atoms with E-state index in [1.807, 2.05) is 70.0 Å². The second kappa shape index (κ2) is 19.2. The third kappa shape index (κ3) is 11.5. The second-order valence-corrected chi connectivity index (χ2v) is 15.5. The number of carbonyl (C=O) groups is 5. The molecule has 0 spiro atoms. The van der Waals surface area contributed by atoms with Gasteiger partial charge in [0.05, 0.1) is 12.0 Å². The van der Waals surface area contributed by atoms with E-state index < -0.39 is 48.0 Å². The van der Waals surface area contributed by atoms with Crippen molar-refractivity contribution >= 4 is 52.8 Å². The van der Waals surface area contributed by atoms with Gasteiger partial charge in [-0.3, -0.25) is 28.9 Å². The van der Waals surface area contributed by atoms with Crippen molar-refractivity contribution in [3.05, 3.63) is 52.0 Å². The molecule has 3 amide bonds. The number of esters is 1. The molecule has 0 saturated carbocycles. The minimum Gasteiger partial charge on any atom is -0.481 e. The number of amides is 3. The second-order valence-electron chi connectivity index (χ2n) is 13.6. The number of hydrogen-bond acceptors (Lipinski definition) is 10. The van der Waals surface area contributed by atoms with E-state index in [1.54, 1.807) is 36.0 Å². The molecule has 2 heterocycles. The summed E-state index contributed by atoms with van der Waals surface area (Å²) in [5, 5.41) is 17.5. The van der Waals surface area contributed by atoms with Crippen molar-refractivity contribution in [2.75, 3.05) is 25.7 Å². The Kier molecular flexibility index (Phi) is 15.7. The number of aliphatic carboxylic acids is 1. The van der Waals surface area contributed by atoms with Gasteiger partial charge < -0.3 is 25.4 Å². The first-order valence-electron chi connectivity index (χ1n) is 17.2. The molecule has 14 heteroatoms. The summed E-state index contributed by atoms with van der Waals surface area (Å²) in [6, 6.07) is 7.64. The highest BCUT2D eigenvalue weighted by atomic mass is 32.2. The van der Waals surface area contributed by atoms with Crippen LogP contribution in [0.5, 0.6) is 0 Å². The van der Waals surface area contributed by atoms with Crippen LogP contribution < -0.4 is 10.6 Å². The van der Waals surface area contributed by atoms with Gasteiger partial charge in [0.25, 0.3) is 5.91 Å². The largest absolute Gasteiger partial charge is 0.481 e. The lowest BCUT2D eigenvalue weighted by molar-refractivity contribution is -0.149. The standard InChI is InChI=1S/C36H53N5O7S2/c1-9-22(4)31(39-33(44)29-19-49-20-40(29)7)35(45)41(8)28(21(2)3)17-30(48-24(6)42)34-38-27(18-50-34)32(43)37-26(15-23(5)36(46)47)16-25-13-11-10-12-14-25/h10-14,18,21-23,26,28-31H,9,15-17,19-20H2,1-8H3,(H,37,43)(H,39,44)(H,46,47)/t22-,23-,26+,28+,29+,30+,31-/m0/s1. The molecule has 2 aromatic rings. The Bertz CT molecular complexity index is 1460. The third-order valence-electron chi connectivity index (χ3n) is 9.31. The summed E-state index contributed by atoms with van der Waals surface area (Å²) in [5.74, 6) is -1.74. The average molecular weight is 732 g/mol. The van der Waals surface area contributed by atoms with Crippen LogP contribution in [0.4, 0.5) is 0 Å². The molecule has 3 N–H and O–H groups in total. The molecule has 0 aliphatic carbocycles. The fourth-order valence-corrected chi connectivity index (χ4v) is 8.07. The number of rotatable bonds is 18. The molecule has 1 saturated heterocycles. The summed E-state index contributed by atoms with van der Waals surface area (Å²) >= 11 is 2.86. The molecule has 1 aromatic carbocycles. The maximum Gasteiger partial charge on any atom is 0.306 e. The molecule has 1 fully saturated rings. The molecule has 1 aliphatic rings. The van der Waals surface area contributed by atoms with Crippen LogP contribution in [-0.4, -0.2) is 99.4 Å². The number of nitrogens with one attached hydrogen (secondary N) is 2. The molecule has 3 rings (SSSR count). The van der Waals surface area contributed by atoms with Crippen LogP contribution >= 0.6 is 23.1 Å². The average Bonchev–Trinajstić information content (AvgIpc) is 3.74. The van der Waals surface area contributed by atoms with Crippen LogP contribution in [0.1, 0.15) is 88.0 Å². The SMILES string of the molecule is CC[C@H](C)[C@H](NC(=O)[C@H]1CSCN1C)C(=O)N(C)[C@H](C[C@@H](OC(C)=O)c1nc(C(=O)N[C@@H](Cc2ccccc2)C[C@H](C)C(=O)O)cs1)C(C)C. The van der Waals surface area contributed by atoms with E-state index in [1.165, 1.54) is 18.3 Å². The van der Waals surface area contributed by atoms with E-state index in [0.717, 1.165) is 11.4 Å². The number of carbonyl (C=O) groups excluding carboxylic acids is 4. The van der Waals surface area contributed by atoms with Crippen molar-refractivity contribution in [1.82, 2.24) is 25.4 Å². The number of hydrogen-bond donors (Lipinski definition) is 3. The van der Waals surface area contributed by atoms with Crippen LogP contribution in [0.15, 0.2) is 35.7 Å². The number of carboxylic acids is 1. The Morgan fingerprint density at radius 1 is 1.08 bits per heavy atom. The lowest BCUT2D eigenvalue weighted by Gasteiger charge is -2.37. The van der Waals surface area contributed by atoms with E-state index in [0.29, 0.717) is 23.6 Å². The number of ether oxygens (including phenoxy) is 1. The lowest BCUT2D eigenvalue weighted by atomic mass is 9.93. The zero-order valence-electron chi connectivity index (χ0n) is 30.4. The third-order valence-corrected chi connectivity index (χ3v) is 11.4. The summed E-state index contributed by atoms with van der Waals surface area (Å²) < 4.78 is 5.75. The van der Waals surface area contributed by atoms with Crippen molar-refractivity contribution in [3.8, 4) is 0 Å². The number of carboxylic acid groups (broad SMARTS) is 1. The van der Waals surface area contributed by atoms with Crippen LogP contribution in [0.2, 0.25) is 0 Å². The molecule has 50 heavy (non-hydrogen) atoms. The summed E-state index contributed by atoms with van der Waals surface area (Å²) in [6.07, 6.45) is 0.753. The van der Waals surface area contributed by atoms with Crippen molar-refractivity contribution in [3.63, 3.8) is 0 Å². The van der Waals surface area contributed by atoms with Crippen LogP contribution in [0.25, 0.3) is 0 Å². The number of thiazole rings is 1. The summed E-state index contributed by atoms with van der Waals surface area (Å²) in [6.45, 7) is 10.8. The Morgan fingerprint density at radius 3 is 2.32 bits per heavy atom. The fourth-order valence-electron chi connectivity index (χ4n) is 6.03. The van der Waals surface area contributed by atoms with Gasteiger partial charge in [0.1, 0.15) is 16.7 Å². The Labute approximate surface area is 304 Å². The maximum atomic E-state index is 14.1. The molecule has 0 radical (unpaired) electrons. The van der Waals surface area contributed by atoms with Gasteiger partial charge in [0.15, 0.2) is 6.10 Å². The first-order chi connectivity index (χ1) is 23.6. The zero-order chi connectivity index (χ0) is 37.1. The van der Waals surface area contributed by atoms with Crippen LogP contribution in [0, 0.1) is 17.8 Å². The molecule has 1 aliphatic heterocycles. The van der Waals surface area contributed by atoms with Gasteiger partial charge in [-0.25, -0.2) is 4.98 Å². The van der Waals surface area contributed by atoms with E-state index in [2.05, 4.69) is 15.6 Å². The molecule has 12 nitrogen and oxygen atoms in total. The molecular weight excluding hydrogens is 679 g/mol. The molecule has 0 unspecified atom stereocenters. The lowest BCUT2D eigenvalue weighted by Crippen LogP contribution is -2.57. The molecular formula is C36H53N5O7S2. The van der Waals surface area contributed by atoms with E-state index in [-0.39, 0.29) is 48.2 Å². The van der Waals surface area contributed by atoms with Crippen LogP contribution in [-0.2, 0) is 30.3 Å². The van der Waals surface area contributed by atoms with Crippen molar-refractivity contribution in [2.45, 2.75) is 97.5 Å². The van der Waals surface area contributed by atoms with Crippen molar-refractivity contribution in [2.24, 2.45) is 17.8 Å². The molecule has 7 atom stereocenters. The monoisotopic (exact) mass is 731 g/mol. The quantitative estimate of drug-likeness (QED) is 0.185. The molecule has 276 valence electrons. The van der Waals surface area contributed by atoms with Crippen molar-refractivity contribution < 1.29 is 33.8 Å². The molecule has 1 aromatic heterocycles. The number of thioether (sulfide) groups is 1. The van der Waals surface area contributed by atoms with Crippen LogP contribution in [0.3, 0.4) is 0 Å². The first-order valence-corrected chi connectivity index (χ1v) is 19.2. The van der Waals surface area contributed by atoms with Gasteiger partial charge in [-0.05, 0) is 37.3 Å². The fraction of sp³-hybridized carbons (Fsp3) is 0.611. The predicted octanol–water partition coefficient (Wildman–Crippen LogP) is 4.61. The van der Waals surface area contributed by atoms with Gasteiger partial charge in [0.2, 0.25) is 11.8 Å². The zero-order valence-corrected chi connectivity index (χ0v) is 32.0. The van der Waals surface area contributed by atoms with E-state index in [4.69, 9.17) is 4.74 Å². The smallest absolute Gasteiger partial charge is 0.306 e. The maximum absolute atomic E-state index is 14.1. The van der Waals surface area contributed by atoms with Gasteiger partial charge in [-0.2, -0.15) is 0 Å². The highest BCUT2D eigenvalue weighted by Crippen LogP contribution is 2.31. The highest BCUT2D eigenvalue weighted by Gasteiger charge is 2.38. The van der Waals surface area contributed by atoms with Crippen molar-refractivity contribution in [1.29, 1.82) is 0 Å². The number of aromatic nitrogens is 1. The van der Waals surface area contributed by atoms with E-state index in [9.17, 15) is 29.1 Å². The highest BCUT2D eigenvalue weighted by molar-refractivity contribution is 7.99. The Hall–Kier alpha value is -3.49. The predicted molar refractivity (Wildman–Crippen MR) is 196 cm³/mol. The summed E-state index contributed by atoms with van der Waals surface area (Å²) in [5.41, 5.74) is 1.09. The number of nitrogens with zero attached hydrogens (tertiary/aromatic N) is 3. The summed E-state index contributed by atoms with van der Waals surface area (Å²) in [4.78, 5) is 72.9. The number of likely N-dealkylation sites (N-methyl/N-ethyl adjacent to an activating group) is 2. The Morgan fingerprint density at radius 2 is 1.76 bits per heavy atom. The van der Waals surface area contributed by atoms with Gasteiger partial charge >= 0.3 is 11.9 Å². The first kappa shape index (κ1) is 40.9. The van der Waals surface area contributed by atoms with Gasteiger partial charge in [0, 0.05) is 49.5 Å². The summed E-state index contributed by atoms with van der Waals surface area (Å²) in [7, 11) is 3.61. The van der Waals surface area contributed by atoms with Gasteiger partial charge in [-0.1, -0.05) is 71.4 Å².